The average Bonchev–Trinajstić information content (AvgIpc) is 3.44. The fourth-order valence-corrected chi connectivity index (χ4v) is 6.58. The third-order valence-electron chi connectivity index (χ3n) is 8.57. The van der Waals surface area contributed by atoms with Crippen molar-refractivity contribution in [2.75, 3.05) is 0 Å². The van der Waals surface area contributed by atoms with E-state index in [1.807, 2.05) is 18.2 Å². The second kappa shape index (κ2) is 9.37. The lowest BCUT2D eigenvalue weighted by Crippen LogP contribution is -1.97. The zero-order chi connectivity index (χ0) is 28.3. The summed E-state index contributed by atoms with van der Waals surface area (Å²) in [5.74, 6) is 0.724. The fraction of sp³-hybridized carbons (Fsp3) is 0. The zero-order valence-corrected chi connectivity index (χ0v) is 23.3. The molecule has 0 aliphatic heterocycles. The Kier molecular flexibility index (Phi) is 5.20. The Morgan fingerprint density at radius 3 is 1.58 bits per heavy atom. The van der Waals surface area contributed by atoms with E-state index in [-0.39, 0.29) is 0 Å². The molecule has 0 saturated carbocycles. The lowest BCUT2D eigenvalue weighted by Gasteiger charge is -2.13. The van der Waals surface area contributed by atoms with Crippen LogP contribution in [0, 0.1) is 0 Å². The highest BCUT2D eigenvalue weighted by molar-refractivity contribution is 6.23. The van der Waals surface area contributed by atoms with Crippen molar-refractivity contribution in [1.29, 1.82) is 0 Å². The van der Waals surface area contributed by atoms with Gasteiger partial charge in [0.25, 0.3) is 0 Å². The molecule has 9 rings (SSSR count). The first kappa shape index (κ1) is 23.9. The van der Waals surface area contributed by atoms with Gasteiger partial charge in [-0.05, 0) is 41.1 Å². The molecule has 0 aliphatic rings. The maximum Gasteiger partial charge on any atom is 0.160 e. The normalized spacial score (nSPS) is 11.7. The molecule has 0 spiro atoms. The number of fused-ring (bicyclic) bond motifs is 8. The van der Waals surface area contributed by atoms with Gasteiger partial charge >= 0.3 is 0 Å². The van der Waals surface area contributed by atoms with Crippen LogP contribution in [0.5, 0.6) is 0 Å². The van der Waals surface area contributed by atoms with Crippen LogP contribution < -0.4 is 0 Å². The van der Waals surface area contributed by atoms with Gasteiger partial charge in [-0.25, -0.2) is 9.97 Å². The van der Waals surface area contributed by atoms with Crippen molar-refractivity contribution in [2.45, 2.75) is 0 Å². The van der Waals surface area contributed by atoms with Crippen LogP contribution in [0.25, 0.3) is 82.6 Å². The number of benzene rings is 7. The van der Waals surface area contributed by atoms with Crippen LogP contribution in [-0.2, 0) is 0 Å². The highest BCUT2D eigenvalue weighted by Crippen LogP contribution is 2.40. The summed E-state index contributed by atoms with van der Waals surface area (Å²) in [4.78, 5) is 10.1. The minimum Gasteiger partial charge on any atom is -0.308 e. The summed E-state index contributed by atoms with van der Waals surface area (Å²) >= 11 is 0. The van der Waals surface area contributed by atoms with Crippen LogP contribution in [0.15, 0.2) is 152 Å². The average molecular weight is 548 g/mol. The van der Waals surface area contributed by atoms with E-state index in [1.165, 1.54) is 43.4 Å². The van der Waals surface area contributed by atoms with Gasteiger partial charge in [0, 0.05) is 43.7 Å². The molecule has 0 radical (unpaired) electrons. The van der Waals surface area contributed by atoms with Gasteiger partial charge in [0.1, 0.15) is 0 Å². The van der Waals surface area contributed by atoms with Gasteiger partial charge in [0.15, 0.2) is 5.82 Å². The maximum absolute atomic E-state index is 5.10. The van der Waals surface area contributed by atoms with Crippen LogP contribution in [0.1, 0.15) is 0 Å². The lowest BCUT2D eigenvalue weighted by molar-refractivity contribution is 1.18. The van der Waals surface area contributed by atoms with Crippen molar-refractivity contribution < 1.29 is 0 Å². The molecular formula is C40H25N3. The van der Waals surface area contributed by atoms with E-state index >= 15 is 0 Å². The Morgan fingerprint density at radius 1 is 0.372 bits per heavy atom. The second-order valence-electron chi connectivity index (χ2n) is 11.0. The molecule has 2 aromatic heterocycles. The molecule has 43 heavy (non-hydrogen) atoms. The number of aromatic nitrogens is 3. The third-order valence-corrected chi connectivity index (χ3v) is 8.57. The predicted octanol–water partition coefficient (Wildman–Crippen LogP) is 10.4. The summed E-state index contributed by atoms with van der Waals surface area (Å²) in [6, 6.07) is 53.7. The maximum atomic E-state index is 5.10. The van der Waals surface area contributed by atoms with E-state index in [9.17, 15) is 0 Å². The number of hydrogen-bond acceptors (Lipinski definition) is 2. The van der Waals surface area contributed by atoms with Crippen molar-refractivity contribution in [3.8, 4) is 28.3 Å². The first-order chi connectivity index (χ1) is 21.3. The predicted molar refractivity (Wildman–Crippen MR) is 180 cm³/mol. The van der Waals surface area contributed by atoms with E-state index in [1.54, 1.807) is 0 Å². The zero-order valence-electron chi connectivity index (χ0n) is 23.3. The van der Waals surface area contributed by atoms with E-state index in [4.69, 9.17) is 9.97 Å². The largest absolute Gasteiger partial charge is 0.308 e. The topological polar surface area (TPSA) is 30.7 Å². The number of nitrogens with zero attached hydrogens (tertiary/aromatic N) is 3. The molecule has 7 aromatic carbocycles. The summed E-state index contributed by atoms with van der Waals surface area (Å²) < 4.78 is 2.44. The molecule has 3 nitrogen and oxygen atoms in total. The van der Waals surface area contributed by atoms with Crippen LogP contribution >= 0.6 is 0 Å². The Morgan fingerprint density at radius 2 is 0.930 bits per heavy atom. The third kappa shape index (κ3) is 3.68. The molecule has 9 aromatic rings. The van der Waals surface area contributed by atoms with Gasteiger partial charge in [-0.1, -0.05) is 121 Å². The van der Waals surface area contributed by atoms with Crippen LogP contribution in [0.4, 0.5) is 0 Å². The number of hydrogen-bond donors (Lipinski definition) is 0. The Balaban J connectivity index is 1.29. The molecule has 2 heterocycles. The van der Waals surface area contributed by atoms with Crippen molar-refractivity contribution >= 4 is 54.3 Å². The molecule has 0 fully saturated rings. The molecule has 0 bridgehead atoms. The van der Waals surface area contributed by atoms with Gasteiger partial charge in [0.05, 0.1) is 22.2 Å². The lowest BCUT2D eigenvalue weighted by atomic mass is 10.0. The minimum atomic E-state index is 0.724. The molecule has 0 saturated heterocycles. The van der Waals surface area contributed by atoms with Crippen molar-refractivity contribution in [3.63, 3.8) is 0 Å². The molecule has 0 atom stereocenters. The highest BCUT2D eigenvalue weighted by atomic mass is 15.0. The van der Waals surface area contributed by atoms with Gasteiger partial charge in [-0.3, -0.25) is 0 Å². The Labute approximate surface area is 248 Å². The summed E-state index contributed by atoms with van der Waals surface area (Å²) in [5.41, 5.74) is 7.53. The Hall–Kier alpha value is -5.80. The smallest absolute Gasteiger partial charge is 0.160 e. The molecule has 0 N–H and O–H groups in total. The first-order valence-corrected chi connectivity index (χ1v) is 14.6. The summed E-state index contributed by atoms with van der Waals surface area (Å²) in [6.07, 6.45) is 0. The van der Waals surface area contributed by atoms with E-state index in [2.05, 4.69) is 138 Å². The van der Waals surface area contributed by atoms with Crippen LogP contribution in [0.2, 0.25) is 0 Å². The SMILES string of the molecule is c1ccc(-c2nc(-c3ccc(-n4c5c6ccccc6ccc5c5ccc6ccccc6c54)cc3)nc3ccccc23)cc1. The second-order valence-corrected chi connectivity index (χ2v) is 11.0. The molecule has 0 unspecified atom stereocenters. The number of para-hydroxylation sites is 1. The summed E-state index contributed by atoms with van der Waals surface area (Å²) in [6.45, 7) is 0. The summed E-state index contributed by atoms with van der Waals surface area (Å²) in [5, 5.41) is 8.53. The van der Waals surface area contributed by atoms with E-state index < -0.39 is 0 Å². The first-order valence-electron chi connectivity index (χ1n) is 14.6. The summed E-state index contributed by atoms with van der Waals surface area (Å²) in [7, 11) is 0. The quantitative estimate of drug-likeness (QED) is 0.220. The van der Waals surface area contributed by atoms with Crippen molar-refractivity contribution in [1.82, 2.24) is 14.5 Å². The highest BCUT2D eigenvalue weighted by Gasteiger charge is 2.18. The Bertz CT molecular complexity index is 2400. The van der Waals surface area contributed by atoms with Gasteiger partial charge in [-0.2, -0.15) is 0 Å². The van der Waals surface area contributed by atoms with Crippen LogP contribution in [-0.4, -0.2) is 14.5 Å². The van der Waals surface area contributed by atoms with Gasteiger partial charge < -0.3 is 4.57 Å². The fourth-order valence-electron chi connectivity index (χ4n) is 6.58. The minimum absolute atomic E-state index is 0.724. The number of rotatable bonds is 3. The molecule has 0 amide bonds. The molecule has 3 heteroatoms. The van der Waals surface area contributed by atoms with Gasteiger partial charge in [-0.15, -0.1) is 0 Å². The van der Waals surface area contributed by atoms with Crippen LogP contribution in [0.3, 0.4) is 0 Å². The van der Waals surface area contributed by atoms with E-state index in [0.717, 1.165) is 39.2 Å². The monoisotopic (exact) mass is 547 g/mol. The molecule has 0 aliphatic carbocycles. The standard InChI is InChI=1S/C40H25N3/c1-2-12-28(13-3-1)37-35-16-8-9-17-36(35)41-40(42-37)29-18-22-30(23-19-29)43-38-31-14-6-4-10-26(31)20-24-33(38)34-25-21-27-11-5-7-15-32(27)39(34)43/h1-25H. The van der Waals surface area contributed by atoms with E-state index in [0.29, 0.717) is 0 Å². The van der Waals surface area contributed by atoms with Crippen molar-refractivity contribution in [3.05, 3.63) is 152 Å². The van der Waals surface area contributed by atoms with Crippen molar-refractivity contribution in [2.24, 2.45) is 0 Å². The van der Waals surface area contributed by atoms with Gasteiger partial charge in [0.2, 0.25) is 0 Å². The molecule has 200 valence electrons. The molecular weight excluding hydrogens is 522 g/mol.